The molecule has 0 bridgehead atoms. The quantitative estimate of drug-likeness (QED) is 0.271. The van der Waals surface area contributed by atoms with Gasteiger partial charge in [0.2, 0.25) is 10.0 Å². The van der Waals surface area contributed by atoms with E-state index in [0.717, 1.165) is 86.4 Å². The van der Waals surface area contributed by atoms with Crippen LogP contribution in [0.2, 0.25) is 0 Å². The van der Waals surface area contributed by atoms with Crippen LogP contribution in [0, 0.1) is 0 Å². The van der Waals surface area contributed by atoms with Crippen molar-refractivity contribution in [1.82, 2.24) is 15.4 Å². The SMILES string of the molecule is NS(=O)(=O)c1cccc(C2=NCCN2)c1.O=C(Nc1c2c(cc3c1CCC3)CCC2)NS(=O)(=O)c1cccc(C2=NCCN2)c1. The van der Waals surface area contributed by atoms with Crippen molar-refractivity contribution in [2.75, 3.05) is 31.5 Å². The zero-order valence-corrected chi connectivity index (χ0v) is 26.2. The molecule has 0 aromatic heterocycles. The van der Waals surface area contributed by atoms with Crippen LogP contribution in [0.4, 0.5) is 10.5 Å². The van der Waals surface area contributed by atoms with E-state index in [1.807, 2.05) is 0 Å². The molecule has 12 nitrogen and oxygen atoms in total. The van der Waals surface area contributed by atoms with Crippen molar-refractivity contribution in [3.8, 4) is 0 Å². The zero-order valence-electron chi connectivity index (χ0n) is 24.6. The molecular formula is C31H35N7O5S2. The lowest BCUT2D eigenvalue weighted by Crippen LogP contribution is -2.35. The number of nitrogens with one attached hydrogen (secondary N) is 4. The average molecular weight is 650 g/mol. The summed E-state index contributed by atoms with van der Waals surface area (Å²) in [5.41, 5.74) is 7.15. The summed E-state index contributed by atoms with van der Waals surface area (Å²) in [6.07, 6.45) is 6.00. The van der Waals surface area contributed by atoms with E-state index < -0.39 is 26.1 Å². The number of nitrogens with two attached hydrogens (primary N) is 1. The minimum absolute atomic E-state index is 0.0371. The fourth-order valence-electron chi connectivity index (χ4n) is 6.10. The predicted molar refractivity (Wildman–Crippen MR) is 173 cm³/mol. The lowest BCUT2D eigenvalue weighted by molar-refractivity contribution is 0.256. The van der Waals surface area contributed by atoms with Crippen LogP contribution >= 0.6 is 0 Å². The number of amides is 2. The van der Waals surface area contributed by atoms with Crippen LogP contribution in [0.5, 0.6) is 0 Å². The number of primary sulfonamides is 1. The summed E-state index contributed by atoms with van der Waals surface area (Å²) in [5, 5.41) is 14.1. The monoisotopic (exact) mass is 649 g/mol. The Kier molecular flexibility index (Phi) is 8.62. The molecule has 0 spiro atoms. The van der Waals surface area contributed by atoms with Gasteiger partial charge in [-0.05, 0) is 85.0 Å². The van der Waals surface area contributed by atoms with Gasteiger partial charge in [-0.15, -0.1) is 0 Å². The van der Waals surface area contributed by atoms with Crippen LogP contribution in [0.3, 0.4) is 0 Å². The molecule has 14 heteroatoms. The van der Waals surface area contributed by atoms with E-state index in [2.05, 4.69) is 36.7 Å². The van der Waals surface area contributed by atoms with Crippen molar-refractivity contribution in [2.24, 2.45) is 15.1 Å². The number of rotatable bonds is 6. The molecule has 0 atom stereocenters. The topological polar surface area (TPSA) is 184 Å². The van der Waals surface area contributed by atoms with Gasteiger partial charge in [-0.3, -0.25) is 9.98 Å². The Labute approximate surface area is 262 Å². The number of amidine groups is 2. The van der Waals surface area contributed by atoms with Crippen molar-refractivity contribution < 1.29 is 21.6 Å². The minimum atomic E-state index is -4.00. The Morgan fingerprint density at radius 3 is 1.78 bits per heavy atom. The highest BCUT2D eigenvalue weighted by Crippen LogP contribution is 2.38. The summed E-state index contributed by atoms with van der Waals surface area (Å²) in [6.45, 7) is 2.90. The molecule has 2 amide bonds. The van der Waals surface area contributed by atoms with Crippen molar-refractivity contribution in [1.29, 1.82) is 0 Å². The number of anilines is 1. The van der Waals surface area contributed by atoms with Crippen LogP contribution in [0.1, 0.15) is 46.2 Å². The number of aryl methyl sites for hydroxylation is 2. The largest absolute Gasteiger partial charge is 0.368 e. The van der Waals surface area contributed by atoms with Crippen molar-refractivity contribution in [3.05, 3.63) is 88.0 Å². The molecule has 6 N–H and O–H groups in total. The third-order valence-corrected chi connectivity index (χ3v) is 10.4. The molecule has 0 radical (unpaired) electrons. The molecule has 0 fully saturated rings. The first-order valence-electron chi connectivity index (χ1n) is 14.9. The Bertz CT molecular complexity index is 1910. The second-order valence-electron chi connectivity index (χ2n) is 11.2. The van der Waals surface area contributed by atoms with E-state index in [4.69, 9.17) is 5.14 Å². The smallest absolute Gasteiger partial charge is 0.333 e. The number of nitrogens with zero attached hydrogens (tertiary/aromatic N) is 2. The van der Waals surface area contributed by atoms with Gasteiger partial charge in [-0.2, -0.15) is 0 Å². The molecule has 2 aliphatic carbocycles. The summed E-state index contributed by atoms with van der Waals surface area (Å²) in [5.74, 6) is 1.40. The molecule has 45 heavy (non-hydrogen) atoms. The maximum atomic E-state index is 12.8. The number of carbonyl (C=O) groups is 1. The number of benzene rings is 3. The van der Waals surface area contributed by atoms with E-state index in [-0.39, 0.29) is 9.79 Å². The second-order valence-corrected chi connectivity index (χ2v) is 14.5. The van der Waals surface area contributed by atoms with Gasteiger partial charge < -0.3 is 16.0 Å². The zero-order chi connectivity index (χ0) is 31.6. The molecule has 0 saturated carbocycles. The van der Waals surface area contributed by atoms with Crippen molar-refractivity contribution in [3.63, 3.8) is 0 Å². The molecule has 3 aromatic carbocycles. The lowest BCUT2D eigenvalue weighted by atomic mass is 9.99. The first-order chi connectivity index (χ1) is 21.6. The number of aliphatic imine (C=N–C) groups is 2. The molecule has 3 aromatic rings. The summed E-state index contributed by atoms with van der Waals surface area (Å²) >= 11 is 0. The fourth-order valence-corrected chi connectivity index (χ4v) is 7.61. The van der Waals surface area contributed by atoms with Crippen LogP contribution in [0.25, 0.3) is 0 Å². The highest BCUT2D eigenvalue weighted by molar-refractivity contribution is 7.90. The minimum Gasteiger partial charge on any atom is -0.368 e. The molecule has 4 aliphatic rings. The Hall–Kier alpha value is -4.27. The van der Waals surface area contributed by atoms with Gasteiger partial charge in [0.1, 0.15) is 11.7 Å². The van der Waals surface area contributed by atoms with Gasteiger partial charge in [0.15, 0.2) is 0 Å². The van der Waals surface area contributed by atoms with Gasteiger partial charge in [0.05, 0.1) is 22.9 Å². The van der Waals surface area contributed by atoms with Crippen molar-refractivity contribution >= 4 is 43.4 Å². The third kappa shape index (κ3) is 6.87. The highest BCUT2D eigenvalue weighted by Gasteiger charge is 2.26. The van der Waals surface area contributed by atoms with E-state index in [9.17, 15) is 21.6 Å². The predicted octanol–water partition coefficient (Wildman–Crippen LogP) is 2.21. The van der Waals surface area contributed by atoms with E-state index in [0.29, 0.717) is 17.9 Å². The maximum Gasteiger partial charge on any atom is 0.333 e. The van der Waals surface area contributed by atoms with E-state index in [1.165, 1.54) is 35.4 Å². The summed E-state index contributed by atoms with van der Waals surface area (Å²) in [6, 6.07) is 14.5. The first-order valence-corrected chi connectivity index (χ1v) is 17.9. The second kappa shape index (κ2) is 12.6. The summed E-state index contributed by atoms with van der Waals surface area (Å²) < 4.78 is 50.1. The normalized spacial score (nSPS) is 16.7. The van der Waals surface area contributed by atoms with Gasteiger partial charge in [0.25, 0.3) is 10.0 Å². The van der Waals surface area contributed by atoms with Gasteiger partial charge in [-0.25, -0.2) is 31.5 Å². The molecular weight excluding hydrogens is 615 g/mol. The van der Waals surface area contributed by atoms with E-state index >= 15 is 0 Å². The van der Waals surface area contributed by atoms with Gasteiger partial charge in [-0.1, -0.05) is 30.3 Å². The standard InChI is InChI=1S/C22H24N4O3S.C9H11N3O2S/c27-22(25-20-18-8-2-4-14(18)12-15-5-3-9-19(15)20)26-30(28,29)17-7-1-6-16(13-17)21-23-10-11-24-21;10-15(13,14)8-3-1-2-7(6-8)9-11-4-5-12-9/h1,6-7,12-13H,2-5,8-11H2,(H,23,24)(H2,25,26,27);1-3,6H,4-5H2,(H,11,12)(H2,10,13,14). The van der Waals surface area contributed by atoms with Crippen LogP contribution in [-0.4, -0.2) is 60.7 Å². The third-order valence-electron chi connectivity index (χ3n) is 8.14. The van der Waals surface area contributed by atoms with E-state index in [1.54, 1.807) is 24.3 Å². The summed E-state index contributed by atoms with van der Waals surface area (Å²) in [4.78, 5) is 21.4. The number of sulfonamides is 2. The number of hydrogen-bond donors (Lipinski definition) is 5. The van der Waals surface area contributed by atoms with Crippen LogP contribution < -0.4 is 25.8 Å². The number of hydrogen-bond acceptors (Lipinski definition) is 9. The van der Waals surface area contributed by atoms with Crippen LogP contribution in [0.15, 0.2) is 74.4 Å². The van der Waals surface area contributed by atoms with Crippen LogP contribution in [-0.2, 0) is 45.7 Å². The molecule has 0 saturated heterocycles. The van der Waals surface area contributed by atoms with Gasteiger partial charge in [0, 0.05) is 29.9 Å². The number of fused-ring (bicyclic) bond motifs is 2. The molecule has 7 rings (SSSR count). The highest BCUT2D eigenvalue weighted by atomic mass is 32.2. The molecule has 2 heterocycles. The maximum absolute atomic E-state index is 12.8. The first kappa shape index (κ1) is 30.7. The Morgan fingerprint density at radius 2 is 1.27 bits per heavy atom. The molecule has 0 unspecified atom stereocenters. The fraction of sp³-hybridized carbons (Fsp3) is 0.323. The molecule has 236 valence electrons. The van der Waals surface area contributed by atoms with Crippen molar-refractivity contribution in [2.45, 2.75) is 48.3 Å². The number of urea groups is 1. The average Bonchev–Trinajstić information content (AvgIpc) is 3.85. The Morgan fingerprint density at radius 1 is 0.733 bits per heavy atom. The lowest BCUT2D eigenvalue weighted by Gasteiger charge is -2.16. The Balaban J connectivity index is 0.000000200. The summed E-state index contributed by atoms with van der Waals surface area (Å²) in [7, 11) is -7.64. The number of carbonyl (C=O) groups excluding carboxylic acids is 1. The van der Waals surface area contributed by atoms with Gasteiger partial charge >= 0.3 is 6.03 Å². The molecule has 2 aliphatic heterocycles.